The predicted molar refractivity (Wildman–Crippen MR) is 96.3 cm³/mol. The maximum Gasteiger partial charge on any atom is 0.303 e. The summed E-state index contributed by atoms with van der Waals surface area (Å²) >= 11 is 6.41. The molecule has 6 nitrogen and oxygen atoms in total. The Hall–Kier alpha value is -2.32. The Bertz CT molecular complexity index is 867. The van der Waals surface area contributed by atoms with Gasteiger partial charge in [-0.3, -0.25) is 19.5 Å². The topological polar surface area (TPSA) is 83.4 Å². The highest BCUT2D eigenvalue weighted by Crippen LogP contribution is 2.32. The van der Waals surface area contributed by atoms with Gasteiger partial charge in [-0.15, -0.1) is 0 Å². The molecule has 3 rings (SSSR count). The second-order valence-electron chi connectivity index (χ2n) is 5.11. The Kier molecular flexibility index (Phi) is 4.86. The van der Waals surface area contributed by atoms with Gasteiger partial charge >= 0.3 is 5.97 Å². The third-order valence-electron chi connectivity index (χ3n) is 3.39. The molecule has 1 aromatic carbocycles. The number of carbonyl (C=O) groups is 2. The molecule has 0 radical (unpaired) electrons. The van der Waals surface area contributed by atoms with E-state index in [-0.39, 0.29) is 12.3 Å². The van der Waals surface area contributed by atoms with E-state index in [0.29, 0.717) is 27.9 Å². The van der Waals surface area contributed by atoms with Crippen molar-refractivity contribution in [3.05, 3.63) is 41.1 Å². The highest BCUT2D eigenvalue weighted by molar-refractivity contribution is 8.26. The predicted octanol–water partition coefficient (Wildman–Crippen LogP) is 2.70. The quantitative estimate of drug-likeness (QED) is 0.649. The molecule has 1 saturated heterocycles. The molecule has 2 aromatic rings. The lowest BCUT2D eigenvalue weighted by Gasteiger charge is -2.13. The molecule has 0 saturated carbocycles. The van der Waals surface area contributed by atoms with Crippen LogP contribution in [-0.2, 0) is 9.59 Å². The van der Waals surface area contributed by atoms with E-state index < -0.39 is 5.97 Å². The van der Waals surface area contributed by atoms with Gasteiger partial charge in [-0.05, 0) is 24.6 Å². The van der Waals surface area contributed by atoms with E-state index >= 15 is 0 Å². The number of carboxylic acid groups (broad SMARTS) is 1. The van der Waals surface area contributed by atoms with E-state index in [2.05, 4.69) is 9.97 Å². The van der Waals surface area contributed by atoms with Crippen LogP contribution in [0, 0.1) is 0 Å². The molecule has 1 aromatic heterocycles. The molecule has 8 heteroatoms. The van der Waals surface area contributed by atoms with Gasteiger partial charge in [0.05, 0.1) is 27.8 Å². The Balaban J connectivity index is 1.78. The average molecular weight is 359 g/mol. The van der Waals surface area contributed by atoms with Crippen LogP contribution in [0.4, 0.5) is 0 Å². The first-order valence-electron chi connectivity index (χ1n) is 7.23. The minimum Gasteiger partial charge on any atom is -0.481 e. The molecular formula is C16H13N3O3S2. The third kappa shape index (κ3) is 3.60. The summed E-state index contributed by atoms with van der Waals surface area (Å²) in [4.78, 5) is 33.7. The van der Waals surface area contributed by atoms with Gasteiger partial charge in [0.15, 0.2) is 0 Å². The monoisotopic (exact) mass is 359 g/mol. The van der Waals surface area contributed by atoms with E-state index in [1.54, 1.807) is 12.3 Å². The first-order valence-corrected chi connectivity index (χ1v) is 8.46. The van der Waals surface area contributed by atoms with Crippen LogP contribution in [-0.4, -0.2) is 42.7 Å². The fraction of sp³-hybridized carbons (Fsp3) is 0.188. The Labute approximate surface area is 147 Å². The molecule has 1 fully saturated rings. The molecule has 1 N–H and O–H groups in total. The summed E-state index contributed by atoms with van der Waals surface area (Å²) in [7, 11) is 0. The summed E-state index contributed by atoms with van der Waals surface area (Å²) in [5, 5.41) is 8.68. The van der Waals surface area contributed by atoms with Crippen molar-refractivity contribution in [3.63, 3.8) is 0 Å². The number of fused-ring (bicyclic) bond motifs is 1. The zero-order valence-electron chi connectivity index (χ0n) is 12.5. The largest absolute Gasteiger partial charge is 0.481 e. The number of hydrogen-bond acceptors (Lipinski definition) is 6. The van der Waals surface area contributed by atoms with Crippen molar-refractivity contribution in [1.82, 2.24) is 14.9 Å². The number of thiocarbonyl (C=S) groups is 1. The maximum atomic E-state index is 12.4. The number of thioether (sulfide) groups is 1. The minimum absolute atomic E-state index is 0.00621. The van der Waals surface area contributed by atoms with Gasteiger partial charge in [-0.2, -0.15) is 0 Å². The van der Waals surface area contributed by atoms with E-state index in [1.165, 1.54) is 16.7 Å². The van der Waals surface area contributed by atoms with Gasteiger partial charge in [0.2, 0.25) is 0 Å². The number of aliphatic carboxylic acids is 1. The van der Waals surface area contributed by atoms with Crippen molar-refractivity contribution in [2.24, 2.45) is 0 Å². The van der Waals surface area contributed by atoms with Crippen molar-refractivity contribution in [3.8, 4) is 0 Å². The Morgan fingerprint density at radius 3 is 2.83 bits per heavy atom. The highest BCUT2D eigenvalue weighted by Gasteiger charge is 2.31. The summed E-state index contributed by atoms with van der Waals surface area (Å²) in [6.07, 6.45) is 3.65. The van der Waals surface area contributed by atoms with Crippen LogP contribution in [0.5, 0.6) is 0 Å². The summed E-state index contributed by atoms with van der Waals surface area (Å²) in [6, 6.07) is 7.49. The van der Waals surface area contributed by atoms with Crippen molar-refractivity contribution < 1.29 is 14.7 Å². The van der Waals surface area contributed by atoms with Crippen LogP contribution in [0.25, 0.3) is 17.1 Å². The van der Waals surface area contributed by atoms with Crippen LogP contribution in [0.1, 0.15) is 18.5 Å². The lowest BCUT2D eigenvalue weighted by Crippen LogP contribution is -2.29. The second-order valence-corrected chi connectivity index (χ2v) is 6.79. The summed E-state index contributed by atoms with van der Waals surface area (Å²) in [5.41, 5.74) is 2.12. The summed E-state index contributed by atoms with van der Waals surface area (Å²) < 4.78 is 0.436. The fourth-order valence-electron chi connectivity index (χ4n) is 2.26. The number of para-hydroxylation sites is 2. The molecule has 1 aliphatic rings. The van der Waals surface area contributed by atoms with Crippen LogP contribution in [0.15, 0.2) is 35.4 Å². The van der Waals surface area contributed by atoms with Gasteiger partial charge < -0.3 is 5.11 Å². The zero-order valence-corrected chi connectivity index (χ0v) is 14.1. The fourth-order valence-corrected chi connectivity index (χ4v) is 3.55. The molecular weight excluding hydrogens is 346 g/mol. The number of aromatic nitrogens is 2. The molecule has 0 atom stereocenters. The summed E-state index contributed by atoms with van der Waals surface area (Å²) in [6.45, 7) is 0.303. The van der Waals surface area contributed by atoms with E-state index in [9.17, 15) is 9.59 Å². The number of hydrogen-bond donors (Lipinski definition) is 1. The number of benzene rings is 1. The normalized spacial score (nSPS) is 16.3. The molecule has 0 spiro atoms. The molecule has 0 aliphatic carbocycles. The Morgan fingerprint density at radius 2 is 2.08 bits per heavy atom. The molecule has 24 heavy (non-hydrogen) atoms. The molecule has 0 bridgehead atoms. The molecule has 1 amide bonds. The number of rotatable bonds is 5. The van der Waals surface area contributed by atoms with Crippen LogP contribution >= 0.6 is 24.0 Å². The first-order chi connectivity index (χ1) is 11.5. The standard InChI is InChI=1S/C16H13N3O3S2/c20-14(21)6-3-7-19-15(22)13(24-16(19)23)8-10-9-17-11-4-1-2-5-12(11)18-10/h1-2,4-5,8-9H,3,6-7H2,(H,20,21)/b13-8+. The van der Waals surface area contributed by atoms with Crippen LogP contribution in [0.3, 0.4) is 0 Å². The zero-order chi connectivity index (χ0) is 17.1. The van der Waals surface area contributed by atoms with E-state index in [0.717, 1.165) is 11.0 Å². The SMILES string of the molecule is O=C(O)CCCN1C(=O)/C(=C\c2cnc3ccccc3n2)SC1=S. The molecule has 2 heterocycles. The minimum atomic E-state index is -0.887. The van der Waals surface area contributed by atoms with Gasteiger partial charge in [-0.1, -0.05) is 36.1 Å². The molecule has 1 aliphatic heterocycles. The van der Waals surface area contributed by atoms with Gasteiger partial charge in [0.1, 0.15) is 4.32 Å². The van der Waals surface area contributed by atoms with Gasteiger partial charge in [-0.25, -0.2) is 4.98 Å². The van der Waals surface area contributed by atoms with E-state index in [1.807, 2.05) is 24.3 Å². The lowest BCUT2D eigenvalue weighted by molar-refractivity contribution is -0.137. The highest BCUT2D eigenvalue weighted by atomic mass is 32.2. The number of amides is 1. The van der Waals surface area contributed by atoms with Crippen molar-refractivity contribution in [2.75, 3.05) is 6.54 Å². The first kappa shape index (κ1) is 16.5. The Morgan fingerprint density at radius 1 is 1.33 bits per heavy atom. The number of carbonyl (C=O) groups excluding carboxylic acids is 1. The van der Waals surface area contributed by atoms with E-state index in [4.69, 9.17) is 17.3 Å². The molecule has 0 unspecified atom stereocenters. The van der Waals surface area contributed by atoms with Crippen LogP contribution < -0.4 is 0 Å². The maximum absolute atomic E-state index is 12.4. The van der Waals surface area contributed by atoms with Crippen molar-refractivity contribution in [2.45, 2.75) is 12.8 Å². The average Bonchev–Trinajstić information content (AvgIpc) is 2.82. The third-order valence-corrected chi connectivity index (χ3v) is 4.77. The second kappa shape index (κ2) is 7.06. The smallest absolute Gasteiger partial charge is 0.303 e. The molecule has 122 valence electrons. The number of nitrogens with zero attached hydrogens (tertiary/aromatic N) is 3. The van der Waals surface area contributed by atoms with Crippen molar-refractivity contribution in [1.29, 1.82) is 0 Å². The van der Waals surface area contributed by atoms with Crippen molar-refractivity contribution >= 4 is 57.3 Å². The lowest BCUT2D eigenvalue weighted by atomic mass is 10.2. The number of carboxylic acids is 1. The van der Waals surface area contributed by atoms with Crippen LogP contribution in [0.2, 0.25) is 0 Å². The van der Waals surface area contributed by atoms with Gasteiger partial charge in [0, 0.05) is 13.0 Å². The van der Waals surface area contributed by atoms with Gasteiger partial charge in [0.25, 0.3) is 5.91 Å². The summed E-state index contributed by atoms with van der Waals surface area (Å²) in [5.74, 6) is -1.10.